The third-order valence-corrected chi connectivity index (χ3v) is 2.43. The van der Waals surface area contributed by atoms with E-state index in [2.05, 4.69) is 0 Å². The molecule has 0 aromatic carbocycles. The van der Waals surface area contributed by atoms with Gasteiger partial charge in [0.15, 0.2) is 0 Å². The molecule has 1 aromatic rings. The molecule has 0 amide bonds. The van der Waals surface area contributed by atoms with E-state index < -0.39 is 9.76 Å². The summed E-state index contributed by atoms with van der Waals surface area (Å²) in [5.41, 5.74) is 0.364. The SMILES string of the molecule is O=[N+]([O-])c1sccc1C(Cl)Cl. The summed E-state index contributed by atoms with van der Waals surface area (Å²) in [5, 5.41) is 11.9. The molecule has 0 saturated carbocycles. The van der Waals surface area contributed by atoms with Gasteiger partial charge in [-0.15, -0.1) is 0 Å². The molecule has 1 rings (SSSR count). The monoisotopic (exact) mass is 211 g/mol. The quantitative estimate of drug-likeness (QED) is 0.429. The van der Waals surface area contributed by atoms with Gasteiger partial charge in [-0.25, -0.2) is 0 Å². The maximum absolute atomic E-state index is 10.3. The lowest BCUT2D eigenvalue weighted by Gasteiger charge is -1.94. The van der Waals surface area contributed by atoms with E-state index in [0.29, 0.717) is 5.56 Å². The summed E-state index contributed by atoms with van der Waals surface area (Å²) in [7, 11) is 0. The Bertz CT molecular complexity index is 273. The minimum Gasteiger partial charge on any atom is -0.258 e. The Hall–Kier alpha value is -0.320. The Kier molecular flexibility index (Phi) is 2.70. The third kappa shape index (κ3) is 1.83. The van der Waals surface area contributed by atoms with Crippen LogP contribution in [0.25, 0.3) is 0 Å². The molecule has 3 nitrogen and oxygen atoms in total. The highest BCUT2D eigenvalue weighted by Crippen LogP contribution is 2.36. The molecule has 0 spiro atoms. The summed E-state index contributed by atoms with van der Waals surface area (Å²) in [6, 6.07) is 1.55. The van der Waals surface area contributed by atoms with E-state index in [9.17, 15) is 10.1 Å². The van der Waals surface area contributed by atoms with Gasteiger partial charge in [-0.05, 0) is 11.4 Å². The van der Waals surface area contributed by atoms with Gasteiger partial charge < -0.3 is 0 Å². The van der Waals surface area contributed by atoms with Crippen molar-refractivity contribution in [2.24, 2.45) is 0 Å². The van der Waals surface area contributed by atoms with Gasteiger partial charge in [0.25, 0.3) is 0 Å². The molecule has 0 N–H and O–H groups in total. The van der Waals surface area contributed by atoms with Gasteiger partial charge in [-0.1, -0.05) is 34.5 Å². The van der Waals surface area contributed by atoms with Crippen molar-refractivity contribution in [2.45, 2.75) is 4.84 Å². The van der Waals surface area contributed by atoms with Crippen molar-refractivity contribution in [3.05, 3.63) is 27.1 Å². The number of alkyl halides is 2. The molecule has 0 aliphatic rings. The Labute approximate surface area is 76.7 Å². The van der Waals surface area contributed by atoms with Crippen molar-refractivity contribution >= 4 is 39.5 Å². The van der Waals surface area contributed by atoms with Crippen molar-refractivity contribution in [3.8, 4) is 0 Å². The number of thiophene rings is 1. The molecule has 60 valence electrons. The summed E-state index contributed by atoms with van der Waals surface area (Å²) in [4.78, 5) is 8.98. The Morgan fingerprint density at radius 3 is 2.64 bits per heavy atom. The number of nitrogens with zero attached hydrogens (tertiary/aromatic N) is 1. The second kappa shape index (κ2) is 3.38. The zero-order valence-corrected chi connectivity index (χ0v) is 7.49. The van der Waals surface area contributed by atoms with Crippen LogP contribution < -0.4 is 0 Å². The molecule has 0 bridgehead atoms. The average Bonchev–Trinajstić information content (AvgIpc) is 2.32. The van der Waals surface area contributed by atoms with E-state index in [1.807, 2.05) is 0 Å². The van der Waals surface area contributed by atoms with Gasteiger partial charge >= 0.3 is 5.00 Å². The molecule has 1 aromatic heterocycles. The first-order chi connectivity index (χ1) is 5.13. The van der Waals surface area contributed by atoms with Gasteiger partial charge in [-0.3, -0.25) is 10.1 Å². The molecule has 0 atom stereocenters. The van der Waals surface area contributed by atoms with Crippen LogP contribution in [0.1, 0.15) is 10.4 Å². The largest absolute Gasteiger partial charge is 0.329 e. The number of halogens is 2. The van der Waals surface area contributed by atoms with Gasteiger partial charge in [0.2, 0.25) is 0 Å². The van der Waals surface area contributed by atoms with Gasteiger partial charge in [0.1, 0.15) is 4.84 Å². The molecular weight excluding hydrogens is 209 g/mol. The normalized spacial score (nSPS) is 10.5. The zero-order chi connectivity index (χ0) is 8.43. The van der Waals surface area contributed by atoms with Gasteiger partial charge in [0, 0.05) is 0 Å². The Balaban J connectivity index is 3.06. The summed E-state index contributed by atoms with van der Waals surface area (Å²) in [5.74, 6) is 0. The molecule has 1 heterocycles. The second-order valence-electron chi connectivity index (χ2n) is 1.74. The van der Waals surface area contributed by atoms with Crippen LogP contribution in [-0.2, 0) is 0 Å². The van der Waals surface area contributed by atoms with Crippen molar-refractivity contribution < 1.29 is 4.92 Å². The van der Waals surface area contributed by atoms with Gasteiger partial charge in [-0.2, -0.15) is 0 Å². The predicted octanol–water partition coefficient (Wildman–Crippen LogP) is 3.13. The first kappa shape index (κ1) is 8.77. The fourth-order valence-corrected chi connectivity index (χ4v) is 1.86. The van der Waals surface area contributed by atoms with Crippen molar-refractivity contribution in [3.63, 3.8) is 0 Å². The van der Waals surface area contributed by atoms with Crippen LogP contribution in [-0.4, -0.2) is 4.92 Å². The lowest BCUT2D eigenvalue weighted by atomic mass is 10.4. The maximum Gasteiger partial charge on any atom is 0.329 e. The fourth-order valence-electron chi connectivity index (χ4n) is 0.626. The number of hydrogen-bond acceptors (Lipinski definition) is 3. The zero-order valence-electron chi connectivity index (χ0n) is 5.16. The molecule has 0 radical (unpaired) electrons. The third-order valence-electron chi connectivity index (χ3n) is 1.08. The lowest BCUT2D eigenvalue weighted by Crippen LogP contribution is -1.88. The minimum atomic E-state index is -0.818. The highest BCUT2D eigenvalue weighted by atomic mass is 35.5. The van der Waals surface area contributed by atoms with E-state index in [1.54, 1.807) is 11.4 Å². The molecule has 0 saturated heterocycles. The van der Waals surface area contributed by atoms with E-state index in [-0.39, 0.29) is 5.00 Å². The van der Waals surface area contributed by atoms with Gasteiger partial charge in [0.05, 0.1) is 10.5 Å². The molecule has 0 fully saturated rings. The lowest BCUT2D eigenvalue weighted by molar-refractivity contribution is -0.380. The summed E-state index contributed by atoms with van der Waals surface area (Å²) in [6.45, 7) is 0. The first-order valence-electron chi connectivity index (χ1n) is 2.63. The van der Waals surface area contributed by atoms with E-state index in [4.69, 9.17) is 23.2 Å². The van der Waals surface area contributed by atoms with Crippen molar-refractivity contribution in [1.29, 1.82) is 0 Å². The molecule has 0 aliphatic carbocycles. The summed E-state index contributed by atoms with van der Waals surface area (Å²) in [6.07, 6.45) is 0. The van der Waals surface area contributed by atoms with E-state index >= 15 is 0 Å². The van der Waals surface area contributed by atoms with Crippen LogP contribution in [0.3, 0.4) is 0 Å². The first-order valence-corrected chi connectivity index (χ1v) is 4.38. The average molecular weight is 212 g/mol. The molecular formula is C5H3Cl2NO2S. The fraction of sp³-hybridized carbons (Fsp3) is 0.200. The number of hydrogen-bond donors (Lipinski definition) is 0. The topological polar surface area (TPSA) is 43.1 Å². The predicted molar refractivity (Wildman–Crippen MR) is 45.4 cm³/mol. The smallest absolute Gasteiger partial charge is 0.258 e. The number of rotatable bonds is 2. The molecule has 11 heavy (non-hydrogen) atoms. The van der Waals surface area contributed by atoms with Crippen LogP contribution in [0, 0.1) is 10.1 Å². The molecule has 0 aliphatic heterocycles. The summed E-state index contributed by atoms with van der Waals surface area (Å²) >= 11 is 11.9. The Morgan fingerprint density at radius 1 is 1.64 bits per heavy atom. The highest BCUT2D eigenvalue weighted by molar-refractivity contribution is 7.13. The minimum absolute atomic E-state index is 0.0139. The van der Waals surface area contributed by atoms with Crippen LogP contribution in [0.15, 0.2) is 11.4 Å². The van der Waals surface area contributed by atoms with E-state index in [0.717, 1.165) is 11.3 Å². The van der Waals surface area contributed by atoms with Crippen molar-refractivity contribution in [1.82, 2.24) is 0 Å². The maximum atomic E-state index is 10.3. The van der Waals surface area contributed by atoms with Crippen LogP contribution in [0.4, 0.5) is 5.00 Å². The van der Waals surface area contributed by atoms with E-state index in [1.165, 1.54) is 0 Å². The molecule has 0 unspecified atom stereocenters. The highest BCUT2D eigenvalue weighted by Gasteiger charge is 2.19. The van der Waals surface area contributed by atoms with Crippen LogP contribution in [0.5, 0.6) is 0 Å². The Morgan fingerprint density at radius 2 is 2.27 bits per heavy atom. The van der Waals surface area contributed by atoms with Crippen LogP contribution in [0.2, 0.25) is 0 Å². The summed E-state index contributed by atoms with van der Waals surface area (Å²) < 4.78 is 0. The molecule has 6 heteroatoms. The van der Waals surface area contributed by atoms with Crippen LogP contribution >= 0.6 is 34.5 Å². The van der Waals surface area contributed by atoms with Crippen molar-refractivity contribution in [2.75, 3.05) is 0 Å². The number of nitro groups is 1. The standard InChI is InChI=1S/C5H3Cl2NO2S/c6-4(7)3-1-2-11-5(3)8(9)10/h1-2,4H. The second-order valence-corrected chi connectivity index (χ2v) is 3.73.